The monoisotopic (exact) mass is 319 g/mol. The van der Waals surface area contributed by atoms with Crippen LogP contribution in [0.15, 0.2) is 34.9 Å². The minimum Gasteiger partial charge on any atom is -0.325 e. The van der Waals surface area contributed by atoms with Gasteiger partial charge in [0.1, 0.15) is 5.82 Å². The van der Waals surface area contributed by atoms with Crippen molar-refractivity contribution in [2.24, 2.45) is 5.73 Å². The summed E-state index contributed by atoms with van der Waals surface area (Å²) in [5.41, 5.74) is 8.97. The summed E-state index contributed by atoms with van der Waals surface area (Å²) in [5, 5.41) is 0. The Bertz CT molecular complexity index is 588. The van der Waals surface area contributed by atoms with Crippen molar-refractivity contribution in [1.82, 2.24) is 9.97 Å². The molecule has 0 radical (unpaired) electrons. The number of hydrogen-bond acceptors (Lipinski definition) is 3. The standard InChI is InChI=1S/C15H18BrN3/c1-10-4-5-11(16)8-12(10)13-6-7-18-14(19-13)9-15(2,3)17/h4-8H,9,17H2,1-3H3. The van der Waals surface area contributed by atoms with Crippen molar-refractivity contribution >= 4 is 15.9 Å². The summed E-state index contributed by atoms with van der Waals surface area (Å²) >= 11 is 3.50. The molecular formula is C15H18BrN3. The third kappa shape index (κ3) is 3.85. The predicted molar refractivity (Wildman–Crippen MR) is 81.9 cm³/mol. The number of halogens is 1. The van der Waals surface area contributed by atoms with E-state index in [-0.39, 0.29) is 5.54 Å². The molecule has 0 saturated carbocycles. The van der Waals surface area contributed by atoms with Crippen LogP contribution in [0.2, 0.25) is 0 Å². The molecule has 100 valence electrons. The number of nitrogens with two attached hydrogens (primary N) is 1. The van der Waals surface area contributed by atoms with Crippen LogP contribution in [0.4, 0.5) is 0 Å². The first kappa shape index (κ1) is 14.2. The van der Waals surface area contributed by atoms with E-state index in [0.717, 1.165) is 21.6 Å². The first-order valence-corrected chi connectivity index (χ1v) is 7.02. The summed E-state index contributed by atoms with van der Waals surface area (Å²) in [6, 6.07) is 8.12. The van der Waals surface area contributed by atoms with E-state index >= 15 is 0 Å². The number of hydrogen-bond donors (Lipinski definition) is 1. The lowest BCUT2D eigenvalue weighted by atomic mass is 10.0. The normalized spacial score (nSPS) is 11.6. The largest absolute Gasteiger partial charge is 0.325 e. The zero-order valence-corrected chi connectivity index (χ0v) is 13.0. The fourth-order valence-electron chi connectivity index (χ4n) is 1.91. The van der Waals surface area contributed by atoms with Crippen LogP contribution >= 0.6 is 15.9 Å². The van der Waals surface area contributed by atoms with Gasteiger partial charge in [-0.2, -0.15) is 0 Å². The summed E-state index contributed by atoms with van der Waals surface area (Å²) in [5.74, 6) is 0.782. The molecule has 0 fully saturated rings. The van der Waals surface area contributed by atoms with Crippen molar-refractivity contribution in [3.63, 3.8) is 0 Å². The highest BCUT2D eigenvalue weighted by molar-refractivity contribution is 9.10. The third-order valence-electron chi connectivity index (χ3n) is 2.79. The van der Waals surface area contributed by atoms with Crippen LogP contribution in [0.5, 0.6) is 0 Å². The Balaban J connectivity index is 2.40. The summed E-state index contributed by atoms with van der Waals surface area (Å²) < 4.78 is 1.05. The molecule has 1 aromatic heterocycles. The molecule has 1 heterocycles. The number of nitrogens with zero attached hydrogens (tertiary/aromatic N) is 2. The molecule has 0 aliphatic heterocycles. The molecule has 0 aliphatic carbocycles. The van der Waals surface area contributed by atoms with Gasteiger partial charge in [0.2, 0.25) is 0 Å². The molecule has 1 aromatic carbocycles. The van der Waals surface area contributed by atoms with Gasteiger partial charge < -0.3 is 5.73 Å². The fraction of sp³-hybridized carbons (Fsp3) is 0.333. The van der Waals surface area contributed by atoms with E-state index < -0.39 is 0 Å². The van der Waals surface area contributed by atoms with E-state index in [4.69, 9.17) is 5.73 Å². The third-order valence-corrected chi connectivity index (χ3v) is 3.29. The fourth-order valence-corrected chi connectivity index (χ4v) is 2.27. The smallest absolute Gasteiger partial charge is 0.130 e. The summed E-state index contributed by atoms with van der Waals surface area (Å²) in [4.78, 5) is 8.92. The van der Waals surface area contributed by atoms with Gasteiger partial charge in [0, 0.05) is 28.2 Å². The molecule has 0 unspecified atom stereocenters. The van der Waals surface area contributed by atoms with Crippen LogP contribution < -0.4 is 5.73 Å². The molecule has 0 aliphatic rings. The number of rotatable bonds is 3. The van der Waals surface area contributed by atoms with E-state index in [1.54, 1.807) is 6.20 Å². The molecule has 0 bridgehead atoms. The van der Waals surface area contributed by atoms with Gasteiger partial charge in [-0.05, 0) is 44.5 Å². The number of benzene rings is 1. The Kier molecular flexibility index (Phi) is 4.02. The Morgan fingerprint density at radius 2 is 2.00 bits per heavy atom. The molecule has 0 atom stereocenters. The highest BCUT2D eigenvalue weighted by Gasteiger charge is 2.14. The SMILES string of the molecule is Cc1ccc(Br)cc1-c1ccnc(CC(C)(C)N)n1. The molecule has 2 N–H and O–H groups in total. The Labute approximate surface area is 122 Å². The zero-order chi connectivity index (χ0) is 14.0. The summed E-state index contributed by atoms with van der Waals surface area (Å²) in [6.45, 7) is 6.04. The lowest BCUT2D eigenvalue weighted by Crippen LogP contribution is -2.35. The number of aromatic nitrogens is 2. The van der Waals surface area contributed by atoms with Crippen molar-refractivity contribution in [2.75, 3.05) is 0 Å². The molecule has 3 nitrogen and oxygen atoms in total. The maximum atomic E-state index is 6.02. The quantitative estimate of drug-likeness (QED) is 0.942. The van der Waals surface area contributed by atoms with Crippen molar-refractivity contribution < 1.29 is 0 Å². The molecule has 2 aromatic rings. The maximum Gasteiger partial charge on any atom is 0.130 e. The Hall–Kier alpha value is -1.26. The average Bonchev–Trinajstić information content (AvgIpc) is 2.30. The molecule has 19 heavy (non-hydrogen) atoms. The van der Waals surface area contributed by atoms with Crippen molar-refractivity contribution in [3.05, 3.63) is 46.3 Å². The van der Waals surface area contributed by atoms with Gasteiger partial charge in [0.15, 0.2) is 0 Å². The molecular weight excluding hydrogens is 302 g/mol. The minimum absolute atomic E-state index is 0.301. The van der Waals surface area contributed by atoms with Crippen molar-refractivity contribution in [3.8, 4) is 11.3 Å². The lowest BCUT2D eigenvalue weighted by Gasteiger charge is -2.17. The van der Waals surface area contributed by atoms with E-state index in [2.05, 4.69) is 45.0 Å². The van der Waals surface area contributed by atoms with Crippen LogP contribution in [0.25, 0.3) is 11.3 Å². The highest BCUT2D eigenvalue weighted by Crippen LogP contribution is 2.25. The van der Waals surface area contributed by atoms with Crippen molar-refractivity contribution in [2.45, 2.75) is 32.7 Å². The van der Waals surface area contributed by atoms with E-state index in [0.29, 0.717) is 6.42 Å². The van der Waals surface area contributed by atoms with Crippen LogP contribution in [0.3, 0.4) is 0 Å². The first-order valence-electron chi connectivity index (χ1n) is 6.22. The minimum atomic E-state index is -0.301. The van der Waals surface area contributed by atoms with Crippen LogP contribution in [0, 0.1) is 6.92 Å². The van der Waals surface area contributed by atoms with Crippen molar-refractivity contribution in [1.29, 1.82) is 0 Å². The van der Waals surface area contributed by atoms with Gasteiger partial charge in [-0.15, -0.1) is 0 Å². The molecule has 0 saturated heterocycles. The van der Waals surface area contributed by atoms with Crippen LogP contribution in [-0.4, -0.2) is 15.5 Å². The molecule has 4 heteroatoms. The van der Waals surface area contributed by atoms with Gasteiger partial charge in [-0.3, -0.25) is 0 Å². The average molecular weight is 320 g/mol. The second kappa shape index (κ2) is 5.39. The number of aryl methyl sites for hydroxylation is 1. The topological polar surface area (TPSA) is 51.8 Å². The molecule has 0 amide bonds. The summed E-state index contributed by atoms with van der Waals surface area (Å²) in [7, 11) is 0. The van der Waals surface area contributed by atoms with Gasteiger partial charge in [-0.25, -0.2) is 9.97 Å². The van der Waals surface area contributed by atoms with Crippen LogP contribution in [-0.2, 0) is 6.42 Å². The van der Waals surface area contributed by atoms with E-state index in [9.17, 15) is 0 Å². The Morgan fingerprint density at radius 1 is 1.26 bits per heavy atom. The summed E-state index contributed by atoms with van der Waals surface area (Å²) in [6.07, 6.45) is 2.46. The van der Waals surface area contributed by atoms with Crippen LogP contribution in [0.1, 0.15) is 25.2 Å². The zero-order valence-electron chi connectivity index (χ0n) is 11.4. The Morgan fingerprint density at radius 3 is 2.68 bits per heavy atom. The molecule has 0 spiro atoms. The second-order valence-electron chi connectivity index (χ2n) is 5.48. The highest BCUT2D eigenvalue weighted by atomic mass is 79.9. The van der Waals surface area contributed by atoms with E-state index in [1.165, 1.54) is 5.56 Å². The van der Waals surface area contributed by atoms with Gasteiger partial charge in [0.05, 0.1) is 5.69 Å². The lowest BCUT2D eigenvalue weighted by molar-refractivity contribution is 0.502. The van der Waals surface area contributed by atoms with Gasteiger partial charge in [-0.1, -0.05) is 22.0 Å². The van der Waals surface area contributed by atoms with Gasteiger partial charge >= 0.3 is 0 Å². The van der Waals surface area contributed by atoms with E-state index in [1.807, 2.05) is 26.0 Å². The first-order chi connectivity index (χ1) is 8.85. The molecule has 2 rings (SSSR count). The second-order valence-corrected chi connectivity index (χ2v) is 6.40. The predicted octanol–water partition coefficient (Wildman–Crippen LogP) is 3.49. The maximum absolute atomic E-state index is 6.02. The van der Waals surface area contributed by atoms with Gasteiger partial charge in [0.25, 0.3) is 0 Å².